The Kier molecular flexibility index (Phi) is 4.62. The van der Waals surface area contributed by atoms with Crippen molar-refractivity contribution in [3.05, 3.63) is 0 Å². The standard InChI is InChI=1S/C10H14N4O6/c1-4-8(17)13-7(16)3-14(4)10(20)12-5(9(18)19)2-6(11)15/h4-5H,2-3H2,1H3,(H2,11,15)(H,12,20)(H,18,19)(H,13,16,17). The Hall–Kier alpha value is -2.65. The summed E-state index contributed by atoms with van der Waals surface area (Å²) in [6, 6.07) is -3.39. The third kappa shape index (κ3) is 3.67. The van der Waals surface area contributed by atoms with Crippen molar-refractivity contribution in [2.75, 3.05) is 6.54 Å². The molecule has 0 aromatic heterocycles. The molecule has 20 heavy (non-hydrogen) atoms. The second-order valence-electron chi connectivity index (χ2n) is 4.23. The van der Waals surface area contributed by atoms with Crippen LogP contribution in [0.25, 0.3) is 0 Å². The lowest BCUT2D eigenvalue weighted by Crippen LogP contribution is -2.62. The SMILES string of the molecule is CC1C(=O)NC(=O)CN1C(=O)NC(CC(N)=O)C(=O)O. The van der Waals surface area contributed by atoms with Gasteiger partial charge in [-0.1, -0.05) is 0 Å². The summed E-state index contributed by atoms with van der Waals surface area (Å²) >= 11 is 0. The van der Waals surface area contributed by atoms with Gasteiger partial charge in [-0.2, -0.15) is 0 Å². The molecule has 1 aliphatic heterocycles. The topological polar surface area (TPSA) is 159 Å². The van der Waals surface area contributed by atoms with E-state index in [0.29, 0.717) is 0 Å². The van der Waals surface area contributed by atoms with Gasteiger partial charge < -0.3 is 21.1 Å². The van der Waals surface area contributed by atoms with E-state index in [1.165, 1.54) is 6.92 Å². The summed E-state index contributed by atoms with van der Waals surface area (Å²) in [7, 11) is 0. The molecule has 0 radical (unpaired) electrons. The van der Waals surface area contributed by atoms with Crippen LogP contribution in [0.2, 0.25) is 0 Å². The second-order valence-corrected chi connectivity index (χ2v) is 4.23. The van der Waals surface area contributed by atoms with Gasteiger partial charge in [0, 0.05) is 0 Å². The number of primary amides is 1. The lowest BCUT2D eigenvalue weighted by Gasteiger charge is -2.32. The number of piperazine rings is 1. The van der Waals surface area contributed by atoms with E-state index in [-0.39, 0.29) is 6.54 Å². The first kappa shape index (κ1) is 15.4. The third-order valence-corrected chi connectivity index (χ3v) is 2.69. The first-order valence-corrected chi connectivity index (χ1v) is 5.64. The Morgan fingerprint density at radius 3 is 2.60 bits per heavy atom. The zero-order valence-corrected chi connectivity index (χ0v) is 10.6. The van der Waals surface area contributed by atoms with Crippen LogP contribution in [0, 0.1) is 0 Å². The molecule has 10 heteroatoms. The number of carbonyl (C=O) groups is 5. The summed E-state index contributed by atoms with van der Waals surface area (Å²) in [6.45, 7) is 0.993. The number of nitrogens with two attached hydrogens (primary N) is 1. The van der Waals surface area contributed by atoms with Crippen molar-refractivity contribution in [1.82, 2.24) is 15.5 Å². The largest absolute Gasteiger partial charge is 0.480 e. The van der Waals surface area contributed by atoms with Gasteiger partial charge in [0.25, 0.3) is 0 Å². The highest BCUT2D eigenvalue weighted by Gasteiger charge is 2.35. The molecule has 1 rings (SSSR count). The number of hydrogen-bond donors (Lipinski definition) is 4. The molecule has 110 valence electrons. The van der Waals surface area contributed by atoms with Gasteiger partial charge in [0.15, 0.2) is 0 Å². The van der Waals surface area contributed by atoms with Crippen molar-refractivity contribution in [2.24, 2.45) is 5.73 Å². The fourth-order valence-corrected chi connectivity index (χ4v) is 1.60. The minimum absolute atomic E-state index is 0.387. The van der Waals surface area contributed by atoms with Crippen LogP contribution in [0.15, 0.2) is 0 Å². The van der Waals surface area contributed by atoms with Crippen LogP contribution >= 0.6 is 0 Å². The maximum absolute atomic E-state index is 11.9. The highest BCUT2D eigenvalue weighted by molar-refractivity contribution is 6.04. The molecule has 0 aromatic carbocycles. The molecule has 2 atom stereocenters. The highest BCUT2D eigenvalue weighted by atomic mass is 16.4. The number of carboxylic acid groups (broad SMARTS) is 1. The molecule has 0 aromatic rings. The van der Waals surface area contributed by atoms with E-state index in [0.717, 1.165) is 4.90 Å². The molecule has 0 bridgehead atoms. The average Bonchev–Trinajstić information content (AvgIpc) is 2.32. The summed E-state index contributed by atoms with van der Waals surface area (Å²) in [5.74, 6) is -3.70. The van der Waals surface area contributed by atoms with Crippen LogP contribution in [0.1, 0.15) is 13.3 Å². The first-order chi connectivity index (χ1) is 9.22. The molecule has 1 heterocycles. The monoisotopic (exact) mass is 286 g/mol. The van der Waals surface area contributed by atoms with E-state index in [1.54, 1.807) is 0 Å². The Morgan fingerprint density at radius 1 is 1.50 bits per heavy atom. The van der Waals surface area contributed by atoms with Crippen molar-refractivity contribution >= 4 is 29.7 Å². The lowest BCUT2D eigenvalue weighted by molar-refractivity contribution is -0.141. The highest BCUT2D eigenvalue weighted by Crippen LogP contribution is 2.06. The lowest BCUT2D eigenvalue weighted by atomic mass is 10.2. The predicted molar refractivity (Wildman–Crippen MR) is 63.1 cm³/mol. The van der Waals surface area contributed by atoms with E-state index in [9.17, 15) is 24.0 Å². The fourth-order valence-electron chi connectivity index (χ4n) is 1.60. The number of carbonyl (C=O) groups excluding carboxylic acids is 4. The molecule has 0 aliphatic carbocycles. The normalized spacial score (nSPS) is 20.1. The number of carboxylic acids is 1. The number of aliphatic carboxylic acids is 1. The van der Waals surface area contributed by atoms with Crippen molar-refractivity contribution < 1.29 is 29.1 Å². The van der Waals surface area contributed by atoms with Gasteiger partial charge >= 0.3 is 12.0 Å². The summed E-state index contributed by atoms with van der Waals surface area (Å²) in [6.07, 6.45) is -0.594. The minimum Gasteiger partial charge on any atom is -0.480 e. The van der Waals surface area contributed by atoms with Crippen LogP contribution in [-0.4, -0.2) is 58.4 Å². The van der Waals surface area contributed by atoms with Crippen molar-refractivity contribution in [1.29, 1.82) is 0 Å². The van der Waals surface area contributed by atoms with Gasteiger partial charge in [-0.3, -0.25) is 19.7 Å². The van der Waals surface area contributed by atoms with Crippen LogP contribution in [0.3, 0.4) is 0 Å². The van der Waals surface area contributed by atoms with E-state index in [2.05, 4.69) is 0 Å². The molecule has 1 saturated heterocycles. The molecular weight excluding hydrogens is 272 g/mol. The Balaban J connectivity index is 2.77. The van der Waals surface area contributed by atoms with E-state index < -0.39 is 48.2 Å². The molecule has 5 N–H and O–H groups in total. The third-order valence-electron chi connectivity index (χ3n) is 2.69. The predicted octanol–water partition coefficient (Wildman–Crippen LogP) is -2.63. The van der Waals surface area contributed by atoms with Crippen LogP contribution in [-0.2, 0) is 19.2 Å². The average molecular weight is 286 g/mol. The van der Waals surface area contributed by atoms with Gasteiger partial charge in [-0.15, -0.1) is 0 Å². The Bertz CT molecular complexity index is 476. The van der Waals surface area contributed by atoms with Crippen molar-refractivity contribution in [3.63, 3.8) is 0 Å². The maximum Gasteiger partial charge on any atom is 0.326 e. The number of nitrogens with zero attached hydrogens (tertiary/aromatic N) is 1. The fraction of sp³-hybridized carbons (Fsp3) is 0.500. The minimum atomic E-state index is -1.52. The maximum atomic E-state index is 11.9. The molecule has 0 saturated carbocycles. The number of rotatable bonds is 4. The molecule has 2 unspecified atom stereocenters. The molecule has 1 aliphatic rings. The van der Waals surface area contributed by atoms with Crippen LogP contribution < -0.4 is 16.4 Å². The van der Waals surface area contributed by atoms with Crippen LogP contribution in [0.5, 0.6) is 0 Å². The number of amides is 5. The number of hydrogen-bond acceptors (Lipinski definition) is 5. The van der Waals surface area contributed by atoms with Crippen molar-refractivity contribution in [3.8, 4) is 0 Å². The number of nitrogens with one attached hydrogen (secondary N) is 2. The number of urea groups is 1. The van der Waals surface area contributed by atoms with Gasteiger partial charge in [0.2, 0.25) is 17.7 Å². The second kappa shape index (κ2) is 5.99. The van der Waals surface area contributed by atoms with E-state index >= 15 is 0 Å². The van der Waals surface area contributed by atoms with Crippen molar-refractivity contribution in [2.45, 2.75) is 25.4 Å². The summed E-state index contributed by atoms with van der Waals surface area (Å²) in [5.41, 5.74) is 4.87. The zero-order valence-electron chi connectivity index (χ0n) is 10.6. The quantitative estimate of drug-likeness (QED) is 0.414. The van der Waals surface area contributed by atoms with E-state index in [4.69, 9.17) is 10.8 Å². The first-order valence-electron chi connectivity index (χ1n) is 5.64. The molecule has 5 amide bonds. The van der Waals surface area contributed by atoms with Gasteiger partial charge in [-0.05, 0) is 6.92 Å². The van der Waals surface area contributed by atoms with Crippen LogP contribution in [0.4, 0.5) is 4.79 Å². The van der Waals surface area contributed by atoms with E-state index in [1.807, 2.05) is 10.6 Å². The molecule has 0 spiro atoms. The van der Waals surface area contributed by atoms with Gasteiger partial charge in [-0.25, -0.2) is 9.59 Å². The smallest absolute Gasteiger partial charge is 0.326 e. The molecule has 1 fully saturated rings. The summed E-state index contributed by atoms with van der Waals surface area (Å²) in [4.78, 5) is 56.9. The Morgan fingerprint density at radius 2 is 2.10 bits per heavy atom. The van der Waals surface area contributed by atoms with Gasteiger partial charge in [0.1, 0.15) is 18.6 Å². The summed E-state index contributed by atoms with van der Waals surface area (Å²) < 4.78 is 0. The number of imide groups is 1. The zero-order chi connectivity index (χ0) is 15.4. The van der Waals surface area contributed by atoms with Gasteiger partial charge in [0.05, 0.1) is 6.42 Å². The Labute approximate surface area is 113 Å². The molecular formula is C10H14N4O6. The summed E-state index contributed by atoms with van der Waals surface area (Å²) in [5, 5.41) is 12.9. The molecule has 10 nitrogen and oxygen atoms in total.